The Kier molecular flexibility index (Phi) is 12.1. The average molecular weight is 767 g/mol. The largest absolute Gasteiger partial charge is 0.459 e. The first-order valence-electron chi connectivity index (χ1n) is 17.8. The monoisotopic (exact) mass is 766 g/mol. The molecule has 2 atom stereocenters. The van der Waals surface area contributed by atoms with Gasteiger partial charge in [-0.15, -0.1) is 0 Å². The Labute approximate surface area is 317 Å². The van der Waals surface area contributed by atoms with Gasteiger partial charge >= 0.3 is 18.2 Å². The fourth-order valence-electron chi connectivity index (χ4n) is 5.60. The van der Waals surface area contributed by atoms with E-state index in [4.69, 9.17) is 15.2 Å². The minimum Gasteiger partial charge on any atom is -0.459 e. The van der Waals surface area contributed by atoms with Crippen LogP contribution >= 0.6 is 0 Å². The van der Waals surface area contributed by atoms with E-state index in [0.717, 1.165) is 23.1 Å². The summed E-state index contributed by atoms with van der Waals surface area (Å²) in [5.74, 6) is -1.96. The topological polar surface area (TPSA) is 150 Å². The molecule has 1 fully saturated rings. The number of benzene rings is 3. The molecule has 4 aromatic rings. The molecular weight excluding hydrogens is 720 g/mol. The average Bonchev–Trinajstić information content (AvgIpc) is 3.80. The van der Waals surface area contributed by atoms with Crippen molar-refractivity contribution < 1.29 is 41.4 Å². The summed E-state index contributed by atoms with van der Waals surface area (Å²) in [6.07, 6.45) is -3.46. The molecule has 1 aliphatic carbocycles. The van der Waals surface area contributed by atoms with Crippen LogP contribution in [0.25, 0.3) is 5.69 Å². The maximum atomic E-state index is 15.4. The van der Waals surface area contributed by atoms with Gasteiger partial charge in [0, 0.05) is 12.6 Å². The van der Waals surface area contributed by atoms with Crippen LogP contribution in [0.3, 0.4) is 0 Å². The number of alkyl carbamates (subject to hydrolysis) is 1. The zero-order chi connectivity index (χ0) is 40.3. The molecule has 55 heavy (non-hydrogen) atoms. The molecule has 1 heterocycles. The molecule has 0 aliphatic heterocycles. The van der Waals surface area contributed by atoms with E-state index < -0.39 is 64.6 Å². The lowest BCUT2D eigenvalue weighted by molar-refractivity contribution is -0.156. The second-order valence-electron chi connectivity index (χ2n) is 15.5. The summed E-state index contributed by atoms with van der Waals surface area (Å²) in [7, 11) is 0. The van der Waals surface area contributed by atoms with Crippen LogP contribution in [0.1, 0.15) is 105 Å². The van der Waals surface area contributed by atoms with Crippen molar-refractivity contribution in [2.24, 2.45) is 11.7 Å². The molecule has 3 aromatic carbocycles. The molecule has 0 saturated heterocycles. The van der Waals surface area contributed by atoms with Crippen LogP contribution in [-0.2, 0) is 27.0 Å². The number of amides is 2. The summed E-state index contributed by atoms with van der Waals surface area (Å²) in [5.41, 5.74) is 5.08. The van der Waals surface area contributed by atoms with Crippen LogP contribution in [0, 0.1) is 11.7 Å². The van der Waals surface area contributed by atoms with Gasteiger partial charge in [0.1, 0.15) is 28.8 Å². The van der Waals surface area contributed by atoms with Crippen molar-refractivity contribution in [3.63, 3.8) is 0 Å². The standard InChI is InChI=1S/C40H46F4N6O5/c1-38(2,3)54-36(52)33(45)25-12-14-26(15-13-25)34(46-21-23-10-11-23)27-16-17-29(41)30(19-27)48-35(51)31-20-32(40(42,43)44)49-50(31)28-9-7-8-24(18-28)22-47-37(53)55-39(4,5)6/h7-9,12-20,23,33-34,46H,10-11,21-22,45H2,1-6H3,(H,47,53)(H,48,51). The normalized spacial score (nSPS) is 14.5. The van der Waals surface area contributed by atoms with Gasteiger partial charge in [0.05, 0.1) is 17.4 Å². The number of carbonyl (C=O) groups is 3. The smallest absolute Gasteiger partial charge is 0.435 e. The Balaban J connectivity index is 1.41. The molecule has 0 spiro atoms. The SMILES string of the molecule is CC(C)(C)OC(=O)NCc1cccc(-n2nc(C(F)(F)F)cc2C(=O)Nc2cc(C(NCC3CC3)c3ccc(C(N)C(=O)OC(C)(C)C)cc3)ccc2F)c1. The Bertz CT molecular complexity index is 2010. The van der Waals surface area contributed by atoms with Crippen LogP contribution in [0.15, 0.2) is 72.8 Å². The highest BCUT2D eigenvalue weighted by atomic mass is 19.4. The first kappa shape index (κ1) is 40.9. The number of hydrogen-bond donors (Lipinski definition) is 4. The Morgan fingerprint density at radius 1 is 0.873 bits per heavy atom. The van der Waals surface area contributed by atoms with E-state index in [0.29, 0.717) is 35.2 Å². The predicted molar refractivity (Wildman–Crippen MR) is 198 cm³/mol. The zero-order valence-electron chi connectivity index (χ0n) is 31.5. The quantitative estimate of drug-likeness (QED) is 0.0846. The summed E-state index contributed by atoms with van der Waals surface area (Å²) in [5, 5.41) is 12.2. The van der Waals surface area contributed by atoms with Crippen LogP contribution in [0.4, 0.5) is 28.0 Å². The number of alkyl halides is 3. The molecule has 2 amide bonds. The number of carbonyl (C=O) groups excluding carboxylic acids is 3. The van der Waals surface area contributed by atoms with Crippen LogP contribution in [0.2, 0.25) is 0 Å². The van der Waals surface area contributed by atoms with Crippen LogP contribution in [-0.4, -0.2) is 45.5 Å². The lowest BCUT2D eigenvalue weighted by Gasteiger charge is -2.23. The Morgan fingerprint density at radius 3 is 2.13 bits per heavy atom. The summed E-state index contributed by atoms with van der Waals surface area (Å²) < 4.78 is 68.6. The van der Waals surface area contributed by atoms with Crippen LogP contribution < -0.4 is 21.7 Å². The maximum absolute atomic E-state index is 15.4. The molecule has 5 rings (SSSR count). The van der Waals surface area contributed by atoms with Crippen LogP contribution in [0.5, 0.6) is 0 Å². The van der Waals surface area contributed by atoms with Crippen molar-refractivity contribution in [1.29, 1.82) is 0 Å². The second kappa shape index (κ2) is 16.2. The molecular formula is C40H46F4N6O5. The number of nitrogens with zero attached hydrogens (tertiary/aromatic N) is 2. The van der Waals surface area contributed by atoms with Gasteiger partial charge in [-0.3, -0.25) is 4.79 Å². The molecule has 1 aromatic heterocycles. The number of rotatable bonds is 12. The van der Waals surface area contributed by atoms with E-state index in [1.165, 1.54) is 30.3 Å². The van der Waals surface area contributed by atoms with E-state index in [1.807, 2.05) is 0 Å². The van der Waals surface area contributed by atoms with Gasteiger partial charge in [0.15, 0.2) is 5.69 Å². The number of ether oxygens (including phenoxy) is 2. The Hall–Kier alpha value is -5.28. The van der Waals surface area contributed by atoms with Crippen molar-refractivity contribution in [1.82, 2.24) is 20.4 Å². The summed E-state index contributed by atoms with van der Waals surface area (Å²) in [6.45, 7) is 11.0. The number of anilines is 1. The van der Waals surface area contributed by atoms with E-state index in [-0.39, 0.29) is 17.9 Å². The van der Waals surface area contributed by atoms with Gasteiger partial charge < -0.3 is 31.2 Å². The van der Waals surface area contributed by atoms with Crippen molar-refractivity contribution in [2.75, 3.05) is 11.9 Å². The maximum Gasteiger partial charge on any atom is 0.435 e. The first-order chi connectivity index (χ1) is 25.7. The molecule has 11 nitrogen and oxygen atoms in total. The highest BCUT2D eigenvalue weighted by Crippen LogP contribution is 2.33. The number of esters is 1. The first-order valence-corrected chi connectivity index (χ1v) is 17.8. The van der Waals surface area contributed by atoms with Gasteiger partial charge in [0.2, 0.25) is 0 Å². The summed E-state index contributed by atoms with van der Waals surface area (Å²) in [4.78, 5) is 38.5. The lowest BCUT2D eigenvalue weighted by atomic mass is 9.95. The number of nitrogens with one attached hydrogen (secondary N) is 3. The molecule has 15 heteroatoms. The molecule has 0 radical (unpaired) electrons. The number of nitrogens with two attached hydrogens (primary N) is 1. The van der Waals surface area contributed by atoms with Crippen molar-refractivity contribution in [3.8, 4) is 5.69 Å². The third-order valence-corrected chi connectivity index (χ3v) is 8.39. The number of halogens is 4. The van der Waals surface area contributed by atoms with Crippen molar-refractivity contribution >= 4 is 23.7 Å². The minimum absolute atomic E-state index is 0.0229. The molecule has 0 bridgehead atoms. The lowest BCUT2D eigenvalue weighted by Crippen LogP contribution is -2.32. The zero-order valence-corrected chi connectivity index (χ0v) is 31.5. The van der Waals surface area contributed by atoms with Gasteiger partial charge in [0.25, 0.3) is 5.91 Å². The van der Waals surface area contributed by atoms with E-state index in [1.54, 1.807) is 77.9 Å². The Morgan fingerprint density at radius 2 is 1.51 bits per heavy atom. The highest BCUT2D eigenvalue weighted by molar-refractivity contribution is 6.03. The molecule has 5 N–H and O–H groups in total. The van der Waals surface area contributed by atoms with Gasteiger partial charge in [-0.25, -0.2) is 18.7 Å². The summed E-state index contributed by atoms with van der Waals surface area (Å²) in [6, 6.07) is 16.3. The molecule has 1 aliphatic rings. The minimum atomic E-state index is -4.89. The third kappa shape index (κ3) is 11.4. The van der Waals surface area contributed by atoms with E-state index in [2.05, 4.69) is 21.0 Å². The highest BCUT2D eigenvalue weighted by Gasteiger charge is 2.36. The van der Waals surface area contributed by atoms with Crippen molar-refractivity contribution in [3.05, 3.63) is 112 Å². The van der Waals surface area contributed by atoms with Gasteiger partial charge in [-0.2, -0.15) is 18.3 Å². The summed E-state index contributed by atoms with van der Waals surface area (Å²) >= 11 is 0. The number of aromatic nitrogens is 2. The molecule has 294 valence electrons. The fraction of sp³-hybridized carbons (Fsp3) is 0.400. The number of hydrogen-bond acceptors (Lipinski definition) is 8. The van der Waals surface area contributed by atoms with Crippen molar-refractivity contribution in [2.45, 2.75) is 90.4 Å². The second-order valence-corrected chi connectivity index (χ2v) is 15.5. The fourth-order valence-corrected chi connectivity index (χ4v) is 5.60. The van der Waals surface area contributed by atoms with Gasteiger partial charge in [-0.05, 0) is 113 Å². The van der Waals surface area contributed by atoms with E-state index in [9.17, 15) is 27.6 Å². The van der Waals surface area contributed by atoms with Gasteiger partial charge in [-0.1, -0.05) is 42.5 Å². The third-order valence-electron chi connectivity index (χ3n) is 8.39. The predicted octanol–water partition coefficient (Wildman–Crippen LogP) is 7.74. The van der Waals surface area contributed by atoms with E-state index >= 15 is 4.39 Å². The molecule has 2 unspecified atom stereocenters. The molecule has 1 saturated carbocycles.